The minimum Gasteiger partial charge on any atom is -0.352 e. The molecule has 0 fully saturated rings. The monoisotopic (exact) mass is 354 g/mol. The zero-order valence-electron chi connectivity index (χ0n) is 14.2. The van der Waals surface area contributed by atoms with Crippen molar-refractivity contribution in [2.45, 2.75) is 26.8 Å². The van der Waals surface area contributed by atoms with Gasteiger partial charge in [0.2, 0.25) is 5.91 Å². The van der Waals surface area contributed by atoms with Gasteiger partial charge in [-0.15, -0.1) is 11.3 Å². The Hall–Kier alpha value is -2.53. The molecule has 0 saturated heterocycles. The minimum absolute atomic E-state index is 0.123. The van der Waals surface area contributed by atoms with E-state index in [1.54, 1.807) is 13.0 Å². The Balaban J connectivity index is 1.59. The highest BCUT2D eigenvalue weighted by Crippen LogP contribution is 2.24. The second kappa shape index (κ2) is 7.57. The van der Waals surface area contributed by atoms with Crippen molar-refractivity contribution in [3.63, 3.8) is 0 Å². The molecule has 1 N–H and O–H groups in total. The first kappa shape index (κ1) is 17.3. The van der Waals surface area contributed by atoms with Gasteiger partial charge >= 0.3 is 0 Å². The summed E-state index contributed by atoms with van der Waals surface area (Å²) < 4.78 is 13.5. The van der Waals surface area contributed by atoms with Crippen LogP contribution in [0.25, 0.3) is 10.6 Å². The first-order valence-corrected chi connectivity index (χ1v) is 8.92. The molecule has 5 heteroatoms. The first-order chi connectivity index (χ1) is 12.0. The lowest BCUT2D eigenvalue weighted by atomic mass is 10.1. The Labute approximate surface area is 150 Å². The van der Waals surface area contributed by atoms with Crippen LogP contribution in [0.5, 0.6) is 0 Å². The van der Waals surface area contributed by atoms with Gasteiger partial charge in [-0.05, 0) is 37.1 Å². The fourth-order valence-electron chi connectivity index (χ4n) is 2.47. The predicted molar refractivity (Wildman–Crippen MR) is 99.0 cm³/mol. The summed E-state index contributed by atoms with van der Waals surface area (Å²) in [6.45, 7) is 4.07. The maximum absolute atomic E-state index is 13.5. The largest absolute Gasteiger partial charge is 0.352 e. The average Bonchev–Trinajstić information content (AvgIpc) is 3.04. The number of carbonyl (C=O) groups excluding carboxylic acids is 1. The number of benzene rings is 2. The van der Waals surface area contributed by atoms with Crippen molar-refractivity contribution in [2.24, 2.45) is 0 Å². The van der Waals surface area contributed by atoms with Crippen LogP contribution in [0.1, 0.15) is 22.4 Å². The van der Waals surface area contributed by atoms with Crippen molar-refractivity contribution in [2.75, 3.05) is 0 Å². The second-order valence-corrected chi connectivity index (χ2v) is 6.91. The molecule has 3 aromatic rings. The van der Waals surface area contributed by atoms with Crippen LogP contribution in [0.15, 0.2) is 47.8 Å². The zero-order chi connectivity index (χ0) is 17.8. The van der Waals surface area contributed by atoms with Crippen molar-refractivity contribution in [1.82, 2.24) is 10.3 Å². The van der Waals surface area contributed by atoms with E-state index in [9.17, 15) is 9.18 Å². The molecule has 0 saturated carbocycles. The van der Waals surface area contributed by atoms with Crippen LogP contribution in [0.4, 0.5) is 4.39 Å². The lowest BCUT2D eigenvalue weighted by molar-refractivity contribution is -0.120. The Morgan fingerprint density at radius 2 is 2.04 bits per heavy atom. The molecule has 0 spiro atoms. The molecule has 2 aromatic carbocycles. The average molecular weight is 354 g/mol. The van der Waals surface area contributed by atoms with Crippen LogP contribution in [0.3, 0.4) is 0 Å². The van der Waals surface area contributed by atoms with Crippen molar-refractivity contribution in [3.05, 3.63) is 76.0 Å². The molecule has 3 nitrogen and oxygen atoms in total. The van der Waals surface area contributed by atoms with Crippen molar-refractivity contribution in [3.8, 4) is 10.6 Å². The van der Waals surface area contributed by atoms with Crippen molar-refractivity contribution in [1.29, 1.82) is 0 Å². The Morgan fingerprint density at radius 3 is 2.80 bits per heavy atom. The molecule has 0 radical (unpaired) electrons. The number of hydrogen-bond donors (Lipinski definition) is 1. The molecule has 0 bridgehead atoms. The minimum atomic E-state index is -0.256. The van der Waals surface area contributed by atoms with Gasteiger partial charge < -0.3 is 5.32 Å². The van der Waals surface area contributed by atoms with Crippen LogP contribution in [0, 0.1) is 19.7 Å². The van der Waals surface area contributed by atoms with E-state index >= 15 is 0 Å². The highest BCUT2D eigenvalue weighted by Gasteiger charge is 2.09. The topological polar surface area (TPSA) is 42.0 Å². The second-order valence-electron chi connectivity index (χ2n) is 6.05. The van der Waals surface area contributed by atoms with Crippen LogP contribution >= 0.6 is 11.3 Å². The van der Waals surface area contributed by atoms with E-state index in [0.717, 1.165) is 21.8 Å². The number of nitrogens with zero attached hydrogens (tertiary/aromatic N) is 1. The van der Waals surface area contributed by atoms with E-state index in [4.69, 9.17) is 0 Å². The summed E-state index contributed by atoms with van der Waals surface area (Å²) in [5.74, 6) is -0.379. The van der Waals surface area contributed by atoms with Crippen molar-refractivity contribution < 1.29 is 9.18 Å². The van der Waals surface area contributed by atoms with Crippen LogP contribution in [-0.2, 0) is 17.8 Å². The smallest absolute Gasteiger partial charge is 0.226 e. The normalized spacial score (nSPS) is 10.7. The molecule has 0 aliphatic rings. The molecule has 0 aliphatic heterocycles. The van der Waals surface area contributed by atoms with Gasteiger partial charge in [0.15, 0.2) is 0 Å². The molecule has 25 heavy (non-hydrogen) atoms. The lowest BCUT2D eigenvalue weighted by Crippen LogP contribution is -2.24. The van der Waals surface area contributed by atoms with Gasteiger partial charge in [-0.1, -0.05) is 35.9 Å². The number of hydrogen-bond acceptors (Lipinski definition) is 3. The third-order valence-corrected chi connectivity index (χ3v) is 4.82. The third kappa shape index (κ3) is 4.51. The van der Waals surface area contributed by atoms with Crippen LogP contribution in [0.2, 0.25) is 0 Å². The molecule has 128 valence electrons. The number of rotatable bonds is 5. The van der Waals surface area contributed by atoms with E-state index in [-0.39, 0.29) is 18.1 Å². The van der Waals surface area contributed by atoms with Gasteiger partial charge in [0.1, 0.15) is 10.8 Å². The van der Waals surface area contributed by atoms with Gasteiger partial charge in [-0.3, -0.25) is 4.79 Å². The van der Waals surface area contributed by atoms with Gasteiger partial charge in [0.25, 0.3) is 0 Å². The number of aryl methyl sites for hydroxylation is 2. The van der Waals surface area contributed by atoms with E-state index in [2.05, 4.69) is 16.4 Å². The molecular weight excluding hydrogens is 335 g/mol. The van der Waals surface area contributed by atoms with Gasteiger partial charge in [0, 0.05) is 17.5 Å². The van der Waals surface area contributed by atoms with Crippen LogP contribution in [-0.4, -0.2) is 10.9 Å². The predicted octanol–water partition coefficient (Wildman–Crippen LogP) is 4.42. The summed E-state index contributed by atoms with van der Waals surface area (Å²) in [5, 5.41) is 5.63. The summed E-state index contributed by atoms with van der Waals surface area (Å²) in [5.41, 5.74) is 4.33. The molecule has 0 aliphatic carbocycles. The number of amides is 1. The van der Waals surface area contributed by atoms with E-state index in [1.165, 1.54) is 23.0 Å². The fraction of sp³-hybridized carbons (Fsp3) is 0.200. The van der Waals surface area contributed by atoms with E-state index in [0.29, 0.717) is 12.1 Å². The number of aromatic nitrogens is 1. The molecular formula is C20H19FN2OS. The fourth-order valence-corrected chi connectivity index (χ4v) is 3.29. The highest BCUT2D eigenvalue weighted by molar-refractivity contribution is 7.13. The highest BCUT2D eigenvalue weighted by atomic mass is 32.1. The Bertz CT molecular complexity index is 904. The summed E-state index contributed by atoms with van der Waals surface area (Å²) in [6.07, 6.45) is 0.219. The maximum Gasteiger partial charge on any atom is 0.226 e. The summed E-state index contributed by atoms with van der Waals surface area (Å²) in [7, 11) is 0. The molecule has 0 atom stereocenters. The number of halogens is 1. The number of carbonyl (C=O) groups is 1. The maximum atomic E-state index is 13.5. The van der Waals surface area contributed by atoms with E-state index in [1.807, 2.05) is 36.6 Å². The standard InChI is InChI=1S/C20H19FN2OS/c1-13-4-3-5-16(8-13)20-23-17(12-25-20)10-19(24)22-11-15-7-6-14(2)18(21)9-15/h3-9,12H,10-11H2,1-2H3,(H,22,24). The van der Waals surface area contributed by atoms with Gasteiger partial charge in [0.05, 0.1) is 12.1 Å². The molecule has 1 heterocycles. The quantitative estimate of drug-likeness (QED) is 0.737. The number of thiazole rings is 1. The lowest BCUT2D eigenvalue weighted by Gasteiger charge is -2.05. The SMILES string of the molecule is Cc1cccc(-c2nc(CC(=O)NCc3ccc(C)c(F)c3)cs2)c1. The van der Waals surface area contributed by atoms with E-state index < -0.39 is 0 Å². The number of nitrogens with one attached hydrogen (secondary N) is 1. The molecule has 3 rings (SSSR count). The van der Waals surface area contributed by atoms with Gasteiger partial charge in [-0.2, -0.15) is 0 Å². The zero-order valence-corrected chi connectivity index (χ0v) is 15.0. The molecule has 1 aromatic heterocycles. The summed E-state index contributed by atoms with van der Waals surface area (Å²) in [4.78, 5) is 16.6. The first-order valence-electron chi connectivity index (χ1n) is 8.04. The van der Waals surface area contributed by atoms with Gasteiger partial charge in [-0.25, -0.2) is 9.37 Å². The Kier molecular flexibility index (Phi) is 5.24. The van der Waals surface area contributed by atoms with Crippen LogP contribution < -0.4 is 5.32 Å². The Morgan fingerprint density at radius 1 is 1.20 bits per heavy atom. The summed E-state index contributed by atoms with van der Waals surface area (Å²) >= 11 is 1.53. The van der Waals surface area contributed by atoms with Crippen molar-refractivity contribution >= 4 is 17.2 Å². The molecule has 0 unspecified atom stereocenters. The summed E-state index contributed by atoms with van der Waals surface area (Å²) in [6, 6.07) is 13.1. The third-order valence-electron chi connectivity index (χ3n) is 3.88. The molecule has 1 amide bonds.